The van der Waals surface area contributed by atoms with Gasteiger partial charge in [0.1, 0.15) is 0 Å². The van der Waals surface area contributed by atoms with Gasteiger partial charge in [0, 0.05) is 11.8 Å². The smallest absolute Gasteiger partial charge is 0.321 e. The molecule has 0 saturated carbocycles. The predicted octanol–water partition coefficient (Wildman–Crippen LogP) is 5.89. The van der Waals surface area contributed by atoms with Crippen LogP contribution in [0.5, 0.6) is 0 Å². The van der Waals surface area contributed by atoms with Crippen LogP contribution in [0.3, 0.4) is 0 Å². The molecule has 1 amide bonds. The minimum Gasteiger partial charge on any atom is -0.321 e. The van der Waals surface area contributed by atoms with Crippen molar-refractivity contribution in [3.63, 3.8) is 0 Å². The van der Waals surface area contributed by atoms with Crippen molar-refractivity contribution >= 4 is 15.9 Å². The molecule has 0 heterocycles. The number of benzene rings is 3. The second kappa shape index (κ2) is 11.1. The molecule has 0 bridgehead atoms. The molecule has 3 rings (SSSR count). The average molecular weight is 501 g/mol. The third-order valence-electron chi connectivity index (χ3n) is 4.91. The van der Waals surface area contributed by atoms with Gasteiger partial charge in [0.25, 0.3) is 15.9 Å². The summed E-state index contributed by atoms with van der Waals surface area (Å²) in [6.07, 6.45) is 0.651. The zero-order valence-electron chi connectivity index (χ0n) is 18.7. The van der Waals surface area contributed by atoms with Crippen LogP contribution in [0.1, 0.15) is 29.3 Å². The highest BCUT2D eigenvalue weighted by molar-refractivity contribution is 7.89. The van der Waals surface area contributed by atoms with Crippen LogP contribution in [0.4, 0.5) is 13.2 Å². The van der Waals surface area contributed by atoms with E-state index in [4.69, 9.17) is 0 Å². The zero-order chi connectivity index (χ0) is 25.5. The number of carbonyl (C=O) groups excluding carboxylic acids is 1. The number of carbonyl (C=O) groups is 1. The van der Waals surface area contributed by atoms with Gasteiger partial charge in [0.05, 0.1) is 16.2 Å². The van der Waals surface area contributed by atoms with Crippen LogP contribution in [0.25, 0.3) is 11.1 Å². The molecule has 2 N–H and O–H groups in total. The lowest BCUT2D eigenvalue weighted by Crippen LogP contribution is -2.26. The number of allylic oxidation sites excluding steroid dienone is 2. The van der Waals surface area contributed by atoms with Crippen molar-refractivity contribution in [3.05, 3.63) is 114 Å². The Morgan fingerprint density at radius 3 is 2.17 bits per heavy atom. The van der Waals surface area contributed by atoms with Crippen LogP contribution in [-0.2, 0) is 16.2 Å². The minimum absolute atomic E-state index is 0.0639. The largest absolute Gasteiger partial charge is 0.416 e. The first-order valence-corrected chi connectivity index (χ1v) is 12.1. The van der Waals surface area contributed by atoms with Gasteiger partial charge in [-0.2, -0.15) is 13.2 Å². The van der Waals surface area contributed by atoms with Gasteiger partial charge in [0.2, 0.25) is 0 Å². The molecular weight excluding hydrogens is 477 g/mol. The maximum atomic E-state index is 13.1. The molecular formula is C26H23F3N2O3S. The summed E-state index contributed by atoms with van der Waals surface area (Å²) in [5.41, 5.74) is 0.488. The van der Waals surface area contributed by atoms with Gasteiger partial charge in [-0.3, -0.25) is 9.52 Å². The van der Waals surface area contributed by atoms with Crippen LogP contribution < -0.4 is 10.0 Å². The summed E-state index contributed by atoms with van der Waals surface area (Å²) in [5, 5.41) is 2.67. The van der Waals surface area contributed by atoms with E-state index < -0.39 is 27.7 Å². The third kappa shape index (κ3) is 6.83. The molecule has 0 aromatic heterocycles. The highest BCUT2D eigenvalue weighted by atomic mass is 32.2. The summed E-state index contributed by atoms with van der Waals surface area (Å²) in [7, 11) is -3.85. The molecule has 0 saturated heterocycles. The number of alkyl halides is 3. The van der Waals surface area contributed by atoms with E-state index in [0.29, 0.717) is 17.5 Å². The first kappa shape index (κ1) is 25.8. The maximum absolute atomic E-state index is 13.1. The lowest BCUT2D eigenvalue weighted by molar-refractivity contribution is -0.137. The number of halogens is 3. The molecule has 0 aliphatic rings. The molecule has 35 heavy (non-hydrogen) atoms. The summed E-state index contributed by atoms with van der Waals surface area (Å²) in [6, 6.07) is 18.7. The van der Waals surface area contributed by atoms with E-state index in [9.17, 15) is 26.4 Å². The molecule has 0 aliphatic heterocycles. The number of amides is 1. The molecule has 0 unspecified atom stereocenters. The Morgan fingerprint density at radius 2 is 1.54 bits per heavy atom. The molecule has 9 heteroatoms. The van der Waals surface area contributed by atoms with Crippen molar-refractivity contribution in [3.8, 4) is 11.1 Å². The van der Waals surface area contributed by atoms with Crippen LogP contribution in [0.2, 0.25) is 0 Å². The molecule has 3 aromatic rings. The van der Waals surface area contributed by atoms with E-state index in [2.05, 4.69) is 10.0 Å². The van der Waals surface area contributed by atoms with Gasteiger partial charge in [-0.15, -0.1) is 0 Å². The maximum Gasteiger partial charge on any atom is 0.416 e. The van der Waals surface area contributed by atoms with E-state index >= 15 is 0 Å². The van der Waals surface area contributed by atoms with Gasteiger partial charge in [0.15, 0.2) is 0 Å². The van der Waals surface area contributed by atoms with Crippen molar-refractivity contribution in [1.29, 1.82) is 0 Å². The van der Waals surface area contributed by atoms with Crippen LogP contribution in [0, 0.1) is 0 Å². The summed E-state index contributed by atoms with van der Waals surface area (Å²) in [4.78, 5) is 13.2. The fourth-order valence-corrected chi connectivity index (χ4v) is 4.08. The molecule has 5 nitrogen and oxygen atoms in total. The predicted molar refractivity (Wildman–Crippen MR) is 129 cm³/mol. The fourth-order valence-electron chi connectivity index (χ4n) is 3.15. The van der Waals surface area contributed by atoms with Crippen LogP contribution >= 0.6 is 0 Å². The Kier molecular flexibility index (Phi) is 8.14. The monoisotopic (exact) mass is 500 g/mol. The lowest BCUT2D eigenvalue weighted by atomic mass is 9.98. The van der Waals surface area contributed by atoms with Crippen molar-refractivity contribution in [2.75, 3.05) is 0 Å². The lowest BCUT2D eigenvalue weighted by Gasteiger charge is -2.13. The molecule has 0 radical (unpaired) electrons. The first-order chi connectivity index (χ1) is 16.6. The Morgan fingerprint density at radius 1 is 0.914 bits per heavy atom. The summed E-state index contributed by atoms with van der Waals surface area (Å²) in [6.45, 7) is 1.88. The Labute approximate surface area is 202 Å². The fraction of sp³-hybridized carbons (Fsp3) is 0.115. The van der Waals surface area contributed by atoms with Gasteiger partial charge >= 0.3 is 6.18 Å². The quantitative estimate of drug-likeness (QED) is 0.379. The number of hydrogen-bond acceptors (Lipinski definition) is 3. The number of rotatable bonds is 8. The Bertz CT molecular complexity index is 1330. The number of hydrogen-bond donors (Lipinski definition) is 2. The van der Waals surface area contributed by atoms with E-state index in [0.717, 1.165) is 12.1 Å². The summed E-state index contributed by atoms with van der Waals surface area (Å²) >= 11 is 0. The van der Waals surface area contributed by atoms with Crippen LogP contribution in [0.15, 0.2) is 108 Å². The second-order valence-electron chi connectivity index (χ2n) is 7.42. The second-order valence-corrected chi connectivity index (χ2v) is 9.13. The summed E-state index contributed by atoms with van der Waals surface area (Å²) < 4.78 is 66.1. The van der Waals surface area contributed by atoms with E-state index in [1.807, 2.05) is 6.92 Å². The Balaban J connectivity index is 1.87. The number of nitrogens with one attached hydrogen (secondary N) is 2. The third-order valence-corrected chi connectivity index (χ3v) is 6.23. The molecule has 0 spiro atoms. The highest BCUT2D eigenvalue weighted by Crippen LogP contribution is 2.32. The Hall–Kier alpha value is -3.85. The van der Waals surface area contributed by atoms with E-state index in [1.165, 1.54) is 36.5 Å². The number of sulfonamides is 1. The molecule has 3 aromatic carbocycles. The van der Waals surface area contributed by atoms with Crippen molar-refractivity contribution in [1.82, 2.24) is 10.0 Å². The average Bonchev–Trinajstić information content (AvgIpc) is 2.85. The normalized spacial score (nSPS) is 12.5. The zero-order valence-corrected chi connectivity index (χ0v) is 19.5. The van der Waals surface area contributed by atoms with Gasteiger partial charge in [-0.25, -0.2) is 8.42 Å². The topological polar surface area (TPSA) is 75.3 Å². The van der Waals surface area contributed by atoms with E-state index in [1.54, 1.807) is 48.6 Å². The molecule has 0 atom stereocenters. The molecule has 0 fully saturated rings. The summed E-state index contributed by atoms with van der Waals surface area (Å²) in [5.74, 6) is -0.550. The highest BCUT2D eigenvalue weighted by Gasteiger charge is 2.30. The SMILES string of the molecule is CC/C=C\C(=C/NS(=O)(=O)c1ccccc1)NC(=O)c1ccccc1-c1ccc(C(F)(F)F)cc1. The van der Waals surface area contributed by atoms with Crippen LogP contribution in [-0.4, -0.2) is 14.3 Å². The van der Waals surface area contributed by atoms with Crippen molar-refractivity contribution in [2.24, 2.45) is 0 Å². The van der Waals surface area contributed by atoms with Gasteiger partial charge in [-0.1, -0.05) is 61.5 Å². The standard InChI is InChI=1S/C26H23F3N2O3S/c1-2-3-9-21(18-30-35(33,34)22-10-5-4-6-11-22)31-25(32)24-13-8-7-12-23(24)19-14-16-20(17-15-19)26(27,28)29/h3-18,30H,2H2,1H3,(H,31,32)/b9-3-,21-18+. The first-order valence-electron chi connectivity index (χ1n) is 10.6. The van der Waals surface area contributed by atoms with Crippen molar-refractivity contribution < 1.29 is 26.4 Å². The van der Waals surface area contributed by atoms with Gasteiger partial charge < -0.3 is 5.32 Å². The van der Waals surface area contributed by atoms with Gasteiger partial charge in [-0.05, 0) is 54.0 Å². The van der Waals surface area contributed by atoms with Crippen molar-refractivity contribution in [2.45, 2.75) is 24.4 Å². The van der Waals surface area contributed by atoms with E-state index in [-0.39, 0.29) is 16.2 Å². The minimum atomic E-state index is -4.46. The molecule has 182 valence electrons. The molecule has 0 aliphatic carbocycles.